The van der Waals surface area contributed by atoms with Crippen LogP contribution in [-0.4, -0.2) is 37.5 Å². The maximum Gasteiger partial charge on any atom is 0.165 e. The van der Waals surface area contributed by atoms with Crippen molar-refractivity contribution in [3.63, 3.8) is 0 Å². The molecule has 3 aromatic carbocycles. The van der Waals surface area contributed by atoms with E-state index in [-0.39, 0.29) is 31.5 Å². The van der Waals surface area contributed by atoms with E-state index < -0.39 is 6.10 Å². The fourth-order valence-corrected chi connectivity index (χ4v) is 2.92. The molecule has 8 heteroatoms. The van der Waals surface area contributed by atoms with Crippen molar-refractivity contribution in [1.82, 2.24) is 5.32 Å². The Labute approximate surface area is 191 Å². The van der Waals surface area contributed by atoms with Crippen LogP contribution in [0.5, 0.6) is 17.2 Å². The summed E-state index contributed by atoms with van der Waals surface area (Å²) in [4.78, 5) is 0. The maximum absolute atomic E-state index is 13.2. The van der Waals surface area contributed by atoms with Gasteiger partial charge in [0.05, 0.1) is 0 Å². The fourth-order valence-electron chi connectivity index (χ4n) is 2.92. The van der Waals surface area contributed by atoms with Crippen LogP contribution in [0.1, 0.15) is 11.1 Å². The van der Waals surface area contributed by atoms with Gasteiger partial charge in [-0.05, 0) is 47.5 Å². The molecule has 1 unspecified atom stereocenters. The average molecular weight is 459 g/mol. The van der Waals surface area contributed by atoms with Gasteiger partial charge in [0.1, 0.15) is 43.3 Å². The number of nitrogens with two attached hydrogens (primary N) is 1. The van der Waals surface area contributed by atoms with E-state index >= 15 is 0 Å². The summed E-state index contributed by atoms with van der Waals surface area (Å²) in [6.07, 6.45) is -0.700. The molecular formula is C25H28F2N2O4. The van der Waals surface area contributed by atoms with Crippen LogP contribution in [0.4, 0.5) is 8.78 Å². The van der Waals surface area contributed by atoms with E-state index in [2.05, 4.69) is 5.32 Å². The zero-order valence-corrected chi connectivity index (χ0v) is 18.2. The summed E-state index contributed by atoms with van der Waals surface area (Å²) in [6, 6.07) is 17.1. The molecule has 0 bridgehead atoms. The van der Waals surface area contributed by atoms with E-state index in [1.165, 1.54) is 24.3 Å². The van der Waals surface area contributed by atoms with Crippen molar-refractivity contribution in [3.05, 3.63) is 89.5 Å². The summed E-state index contributed by atoms with van der Waals surface area (Å²) in [5.74, 6) is 0.755. The van der Waals surface area contributed by atoms with E-state index in [4.69, 9.17) is 19.9 Å². The highest BCUT2D eigenvalue weighted by atomic mass is 19.1. The van der Waals surface area contributed by atoms with Crippen molar-refractivity contribution < 1.29 is 28.1 Å². The Bertz CT molecular complexity index is 985. The monoisotopic (exact) mass is 458 g/mol. The third-order valence-corrected chi connectivity index (χ3v) is 4.67. The molecule has 0 aromatic heterocycles. The van der Waals surface area contributed by atoms with Crippen molar-refractivity contribution in [1.29, 1.82) is 0 Å². The minimum atomic E-state index is -0.700. The first-order chi connectivity index (χ1) is 16.0. The zero-order chi connectivity index (χ0) is 23.5. The lowest BCUT2D eigenvalue weighted by Crippen LogP contribution is -2.34. The van der Waals surface area contributed by atoms with Gasteiger partial charge < -0.3 is 30.4 Å². The molecule has 0 spiro atoms. The van der Waals surface area contributed by atoms with Gasteiger partial charge >= 0.3 is 0 Å². The van der Waals surface area contributed by atoms with Crippen LogP contribution in [0.15, 0.2) is 66.7 Å². The molecule has 6 nitrogen and oxygen atoms in total. The lowest BCUT2D eigenvalue weighted by Gasteiger charge is -2.16. The smallest absolute Gasteiger partial charge is 0.165 e. The van der Waals surface area contributed by atoms with Crippen LogP contribution in [0, 0.1) is 11.6 Å². The molecule has 0 aliphatic rings. The quantitative estimate of drug-likeness (QED) is 0.341. The fraction of sp³-hybridized carbons (Fsp3) is 0.280. The first kappa shape index (κ1) is 24.4. The molecule has 0 saturated carbocycles. The van der Waals surface area contributed by atoms with Gasteiger partial charge in [0, 0.05) is 25.7 Å². The zero-order valence-electron chi connectivity index (χ0n) is 18.2. The minimum Gasteiger partial charge on any atom is -0.491 e. The number of rotatable bonds is 13. The highest BCUT2D eigenvalue weighted by Crippen LogP contribution is 2.33. The Morgan fingerprint density at radius 3 is 1.94 bits per heavy atom. The molecule has 0 radical (unpaired) electrons. The van der Waals surface area contributed by atoms with Crippen LogP contribution < -0.4 is 25.3 Å². The van der Waals surface area contributed by atoms with Crippen molar-refractivity contribution in [3.8, 4) is 17.2 Å². The Morgan fingerprint density at radius 1 is 0.788 bits per heavy atom. The molecule has 0 amide bonds. The van der Waals surface area contributed by atoms with E-state index in [0.717, 1.165) is 11.1 Å². The summed E-state index contributed by atoms with van der Waals surface area (Å²) in [6.45, 7) is 1.97. The summed E-state index contributed by atoms with van der Waals surface area (Å²) >= 11 is 0. The third-order valence-electron chi connectivity index (χ3n) is 4.67. The van der Waals surface area contributed by atoms with Gasteiger partial charge in [0.25, 0.3) is 0 Å². The first-order valence-corrected chi connectivity index (χ1v) is 10.6. The van der Waals surface area contributed by atoms with Crippen molar-refractivity contribution in [2.45, 2.75) is 19.3 Å². The van der Waals surface area contributed by atoms with Gasteiger partial charge in [-0.25, -0.2) is 8.78 Å². The molecule has 176 valence electrons. The summed E-state index contributed by atoms with van der Waals surface area (Å²) in [5.41, 5.74) is 7.01. The van der Waals surface area contributed by atoms with E-state index in [1.807, 2.05) is 0 Å². The normalized spacial score (nSPS) is 11.8. The molecule has 3 rings (SSSR count). The second-order valence-electron chi connectivity index (χ2n) is 7.40. The van der Waals surface area contributed by atoms with E-state index in [1.54, 1.807) is 42.5 Å². The largest absolute Gasteiger partial charge is 0.491 e. The summed E-state index contributed by atoms with van der Waals surface area (Å²) in [7, 11) is 0. The van der Waals surface area contributed by atoms with Crippen LogP contribution in [-0.2, 0) is 13.2 Å². The molecular weight excluding hydrogens is 430 g/mol. The predicted octanol–water partition coefficient (Wildman–Crippen LogP) is 3.41. The SMILES string of the molecule is NCCNCC(O)COc1ccc(OCc2ccc(F)cc2)c(OCc2ccc(F)cc2)c1. The van der Waals surface area contributed by atoms with Gasteiger partial charge in [-0.1, -0.05) is 24.3 Å². The van der Waals surface area contributed by atoms with E-state index in [0.29, 0.717) is 36.9 Å². The second-order valence-corrected chi connectivity index (χ2v) is 7.40. The highest BCUT2D eigenvalue weighted by molar-refractivity contribution is 5.46. The number of ether oxygens (including phenoxy) is 3. The lowest BCUT2D eigenvalue weighted by atomic mass is 10.2. The molecule has 0 fully saturated rings. The van der Waals surface area contributed by atoms with Gasteiger partial charge in [-0.3, -0.25) is 0 Å². The Hall–Kier alpha value is -3.20. The number of nitrogens with one attached hydrogen (secondary N) is 1. The third kappa shape index (κ3) is 8.34. The van der Waals surface area contributed by atoms with Crippen molar-refractivity contribution in [2.75, 3.05) is 26.2 Å². The van der Waals surface area contributed by atoms with Crippen molar-refractivity contribution in [2.24, 2.45) is 5.73 Å². The van der Waals surface area contributed by atoms with Crippen LogP contribution in [0.2, 0.25) is 0 Å². The van der Waals surface area contributed by atoms with Gasteiger partial charge in [-0.2, -0.15) is 0 Å². The van der Waals surface area contributed by atoms with Crippen LogP contribution >= 0.6 is 0 Å². The molecule has 0 heterocycles. The predicted molar refractivity (Wildman–Crippen MR) is 121 cm³/mol. The molecule has 33 heavy (non-hydrogen) atoms. The number of hydrogen-bond acceptors (Lipinski definition) is 6. The molecule has 0 saturated heterocycles. The number of benzene rings is 3. The molecule has 0 aliphatic heterocycles. The number of aliphatic hydroxyl groups is 1. The lowest BCUT2D eigenvalue weighted by molar-refractivity contribution is 0.106. The van der Waals surface area contributed by atoms with Crippen molar-refractivity contribution >= 4 is 0 Å². The standard InChI is InChI=1S/C25H28F2N2O4/c26-20-5-1-18(2-6-20)15-32-24-10-9-23(31-17-22(30)14-29-12-11-28)13-25(24)33-16-19-3-7-21(27)8-4-19/h1-10,13,22,29-30H,11-12,14-17,28H2. The van der Waals surface area contributed by atoms with Gasteiger partial charge in [0.15, 0.2) is 11.5 Å². The maximum atomic E-state index is 13.2. The molecule has 1 atom stereocenters. The molecule has 4 N–H and O–H groups in total. The first-order valence-electron chi connectivity index (χ1n) is 10.6. The number of halogens is 2. The summed E-state index contributed by atoms with van der Waals surface area (Å²) in [5, 5.41) is 13.0. The second kappa shape index (κ2) is 12.7. The highest BCUT2D eigenvalue weighted by Gasteiger charge is 2.11. The van der Waals surface area contributed by atoms with Gasteiger partial charge in [0.2, 0.25) is 0 Å². The average Bonchev–Trinajstić information content (AvgIpc) is 2.83. The Morgan fingerprint density at radius 2 is 1.36 bits per heavy atom. The van der Waals surface area contributed by atoms with Crippen LogP contribution in [0.25, 0.3) is 0 Å². The summed E-state index contributed by atoms with van der Waals surface area (Å²) < 4.78 is 43.8. The van der Waals surface area contributed by atoms with Crippen LogP contribution in [0.3, 0.4) is 0 Å². The molecule has 3 aromatic rings. The number of hydrogen-bond donors (Lipinski definition) is 3. The topological polar surface area (TPSA) is 86.0 Å². The van der Waals surface area contributed by atoms with Gasteiger partial charge in [-0.15, -0.1) is 0 Å². The minimum absolute atomic E-state index is 0.0881. The Balaban J connectivity index is 1.67. The number of aliphatic hydroxyl groups excluding tert-OH is 1. The Kier molecular flexibility index (Phi) is 9.44. The van der Waals surface area contributed by atoms with E-state index in [9.17, 15) is 13.9 Å². The molecule has 0 aliphatic carbocycles.